The van der Waals surface area contributed by atoms with E-state index in [2.05, 4.69) is 5.32 Å². The number of ether oxygens (including phenoxy) is 1. The maximum Gasteiger partial charge on any atom is 0.332 e. The van der Waals surface area contributed by atoms with Gasteiger partial charge in [0.1, 0.15) is 5.75 Å². The van der Waals surface area contributed by atoms with E-state index in [-0.39, 0.29) is 18.0 Å². The maximum atomic E-state index is 13.6. The molecule has 0 aliphatic heterocycles. The molecule has 0 aliphatic rings. The van der Waals surface area contributed by atoms with Gasteiger partial charge in [0.2, 0.25) is 0 Å². The van der Waals surface area contributed by atoms with Crippen LogP contribution >= 0.6 is 0 Å². The third-order valence-electron chi connectivity index (χ3n) is 6.40. The van der Waals surface area contributed by atoms with Crippen molar-refractivity contribution in [1.29, 1.82) is 0 Å². The summed E-state index contributed by atoms with van der Waals surface area (Å²) in [6.45, 7) is 0.365. The van der Waals surface area contributed by atoms with E-state index in [0.29, 0.717) is 39.9 Å². The molecule has 8 nitrogen and oxygen atoms in total. The van der Waals surface area contributed by atoms with Crippen molar-refractivity contribution in [3.63, 3.8) is 0 Å². The van der Waals surface area contributed by atoms with E-state index in [1.54, 1.807) is 78.4 Å². The third kappa shape index (κ3) is 4.92. The molecule has 8 heteroatoms. The number of nitrogens with two attached hydrogens (primary N) is 1. The number of carbonyl (C=O) groups excluding carboxylic acids is 1. The number of benzene rings is 4. The lowest BCUT2D eigenvalue weighted by Gasteiger charge is -2.15. The molecule has 0 unspecified atom stereocenters. The maximum absolute atomic E-state index is 13.6. The number of nitrogens with zero attached hydrogens (tertiary/aromatic N) is 2. The van der Waals surface area contributed by atoms with E-state index in [0.717, 1.165) is 11.3 Å². The number of hydrogen-bond acceptors (Lipinski definition) is 5. The number of methoxy groups -OCH3 is 1. The molecule has 0 radical (unpaired) electrons. The average Bonchev–Trinajstić information content (AvgIpc) is 2.95. The van der Waals surface area contributed by atoms with Gasteiger partial charge in [0.15, 0.2) is 0 Å². The first-order valence-electron chi connectivity index (χ1n) is 12.0. The highest BCUT2D eigenvalue weighted by Crippen LogP contribution is 2.18. The van der Waals surface area contributed by atoms with Crippen LogP contribution in [-0.2, 0) is 13.1 Å². The fourth-order valence-electron chi connectivity index (χ4n) is 4.33. The van der Waals surface area contributed by atoms with Crippen LogP contribution in [0.25, 0.3) is 10.9 Å². The Balaban J connectivity index is 1.45. The molecule has 0 aliphatic carbocycles. The van der Waals surface area contributed by atoms with Crippen LogP contribution < -0.4 is 27.0 Å². The Labute approximate surface area is 218 Å². The first kappa shape index (κ1) is 24.6. The molecule has 0 spiro atoms. The molecule has 0 atom stereocenters. The Morgan fingerprint density at radius 3 is 2.08 bits per heavy atom. The molecular weight excluding hydrogens is 480 g/mol. The summed E-state index contributed by atoms with van der Waals surface area (Å²) in [4.78, 5) is 39.5. The molecule has 3 N–H and O–H groups in total. The van der Waals surface area contributed by atoms with Crippen molar-refractivity contribution in [2.24, 2.45) is 0 Å². The van der Waals surface area contributed by atoms with Crippen LogP contribution in [0.1, 0.15) is 21.5 Å². The van der Waals surface area contributed by atoms with Gasteiger partial charge in [-0.2, -0.15) is 0 Å². The van der Waals surface area contributed by atoms with Crippen LogP contribution in [0.15, 0.2) is 107 Å². The summed E-state index contributed by atoms with van der Waals surface area (Å²) in [5, 5.41) is 3.25. The van der Waals surface area contributed by atoms with E-state index in [1.165, 1.54) is 4.57 Å². The summed E-state index contributed by atoms with van der Waals surface area (Å²) < 4.78 is 8.06. The average molecular weight is 507 g/mol. The van der Waals surface area contributed by atoms with Gasteiger partial charge in [0.05, 0.1) is 42.5 Å². The largest absolute Gasteiger partial charge is 0.497 e. The van der Waals surface area contributed by atoms with Crippen molar-refractivity contribution in [2.45, 2.75) is 13.1 Å². The number of hydrogen-bond donors (Lipinski definition) is 2. The van der Waals surface area contributed by atoms with Crippen LogP contribution in [0, 0.1) is 0 Å². The minimum Gasteiger partial charge on any atom is -0.497 e. The standard InChI is InChI=1S/C30H26N4O4/c1-38-23-16-12-21(13-17-23)18-33-27-9-5-2-6-24(27)29(36)34(30(33)37)19-20-10-14-22(15-11-20)28(35)32-26-8-4-3-7-25(26)31/h2-17H,18-19,31H2,1H3,(H,32,35). The van der Waals surface area contributed by atoms with Gasteiger partial charge in [-0.05, 0) is 59.7 Å². The Morgan fingerprint density at radius 2 is 1.39 bits per heavy atom. The summed E-state index contributed by atoms with van der Waals surface area (Å²) in [6, 6.07) is 28.3. The van der Waals surface area contributed by atoms with Gasteiger partial charge in [-0.1, -0.05) is 48.5 Å². The Bertz CT molecular complexity index is 1740. The predicted molar refractivity (Wildman–Crippen MR) is 149 cm³/mol. The van der Waals surface area contributed by atoms with Gasteiger partial charge in [-0.15, -0.1) is 0 Å². The Kier molecular flexibility index (Phi) is 6.78. The highest BCUT2D eigenvalue weighted by Gasteiger charge is 2.14. The van der Waals surface area contributed by atoms with Gasteiger partial charge in [-0.3, -0.25) is 18.7 Å². The molecule has 0 saturated heterocycles. The molecule has 0 saturated carbocycles. The number of amides is 1. The van der Waals surface area contributed by atoms with Crippen LogP contribution in [0.2, 0.25) is 0 Å². The van der Waals surface area contributed by atoms with Gasteiger partial charge in [0, 0.05) is 5.56 Å². The monoisotopic (exact) mass is 506 g/mol. The van der Waals surface area contributed by atoms with E-state index >= 15 is 0 Å². The minimum absolute atomic E-state index is 0.0681. The SMILES string of the molecule is COc1ccc(Cn2c(=O)n(Cc3ccc(C(=O)Nc4ccccc4N)cc3)c(=O)c3ccccc32)cc1. The molecule has 4 aromatic carbocycles. The first-order valence-corrected chi connectivity index (χ1v) is 12.0. The quantitative estimate of drug-likeness (QED) is 0.323. The van der Waals surface area contributed by atoms with Crippen molar-refractivity contribution in [1.82, 2.24) is 9.13 Å². The second-order valence-electron chi connectivity index (χ2n) is 8.86. The van der Waals surface area contributed by atoms with Gasteiger partial charge < -0.3 is 15.8 Å². The topological polar surface area (TPSA) is 108 Å². The Hall–Kier alpha value is -5.11. The minimum atomic E-state index is -0.411. The van der Waals surface area contributed by atoms with Crippen molar-refractivity contribution >= 4 is 28.2 Å². The van der Waals surface area contributed by atoms with Crippen molar-refractivity contribution in [3.8, 4) is 5.75 Å². The number of aromatic nitrogens is 2. The van der Waals surface area contributed by atoms with E-state index in [1.807, 2.05) is 30.3 Å². The first-order chi connectivity index (χ1) is 18.4. The zero-order chi connectivity index (χ0) is 26.6. The number of carbonyl (C=O) groups is 1. The highest BCUT2D eigenvalue weighted by molar-refractivity contribution is 6.05. The summed E-state index contributed by atoms with van der Waals surface area (Å²) in [7, 11) is 1.60. The van der Waals surface area contributed by atoms with Gasteiger partial charge in [0.25, 0.3) is 11.5 Å². The third-order valence-corrected chi connectivity index (χ3v) is 6.40. The number of rotatable bonds is 7. The molecular formula is C30H26N4O4. The lowest BCUT2D eigenvalue weighted by atomic mass is 10.1. The molecule has 0 bridgehead atoms. The second kappa shape index (κ2) is 10.5. The van der Waals surface area contributed by atoms with E-state index in [4.69, 9.17) is 10.5 Å². The van der Waals surface area contributed by atoms with Gasteiger partial charge >= 0.3 is 5.69 Å². The molecule has 38 heavy (non-hydrogen) atoms. The fraction of sp³-hybridized carbons (Fsp3) is 0.100. The molecule has 0 fully saturated rings. The van der Waals surface area contributed by atoms with E-state index in [9.17, 15) is 14.4 Å². The van der Waals surface area contributed by atoms with Crippen LogP contribution in [0.5, 0.6) is 5.75 Å². The number of fused-ring (bicyclic) bond motifs is 1. The molecule has 5 aromatic rings. The molecule has 190 valence electrons. The fourth-order valence-corrected chi connectivity index (χ4v) is 4.33. The van der Waals surface area contributed by atoms with Gasteiger partial charge in [-0.25, -0.2) is 4.79 Å². The summed E-state index contributed by atoms with van der Waals surface area (Å²) in [5.74, 6) is 0.416. The van der Waals surface area contributed by atoms with Crippen LogP contribution in [0.3, 0.4) is 0 Å². The molecule has 1 heterocycles. The highest BCUT2D eigenvalue weighted by atomic mass is 16.5. The number of para-hydroxylation sites is 3. The molecule has 1 aromatic heterocycles. The van der Waals surface area contributed by atoms with Crippen molar-refractivity contribution < 1.29 is 9.53 Å². The zero-order valence-electron chi connectivity index (χ0n) is 20.8. The number of nitrogen functional groups attached to an aromatic ring is 1. The molecule has 5 rings (SSSR count). The van der Waals surface area contributed by atoms with Crippen LogP contribution in [-0.4, -0.2) is 22.2 Å². The lowest BCUT2D eigenvalue weighted by Crippen LogP contribution is -2.40. The second-order valence-corrected chi connectivity index (χ2v) is 8.86. The smallest absolute Gasteiger partial charge is 0.332 e. The zero-order valence-corrected chi connectivity index (χ0v) is 20.8. The number of nitrogens with one attached hydrogen (secondary N) is 1. The van der Waals surface area contributed by atoms with Crippen molar-refractivity contribution in [3.05, 3.63) is 135 Å². The summed E-state index contributed by atoms with van der Waals surface area (Å²) in [6.07, 6.45) is 0. The number of anilines is 2. The van der Waals surface area contributed by atoms with Crippen molar-refractivity contribution in [2.75, 3.05) is 18.2 Å². The van der Waals surface area contributed by atoms with E-state index < -0.39 is 5.69 Å². The normalized spacial score (nSPS) is 10.9. The van der Waals surface area contributed by atoms with Crippen LogP contribution in [0.4, 0.5) is 11.4 Å². The summed E-state index contributed by atoms with van der Waals surface area (Å²) in [5.41, 5.74) is 8.76. The molecule has 1 amide bonds. The Morgan fingerprint density at radius 1 is 0.789 bits per heavy atom. The summed E-state index contributed by atoms with van der Waals surface area (Å²) >= 11 is 0. The predicted octanol–water partition coefficient (Wildman–Crippen LogP) is 4.10. The lowest BCUT2D eigenvalue weighted by molar-refractivity contribution is 0.102.